The van der Waals surface area contributed by atoms with Crippen LogP contribution in [0, 0.1) is 6.92 Å². The Bertz CT molecular complexity index is 4600. The standard InChI is InChI=1S/C75H55BN2S6/c1-42-28-57-71-58(29-42)78(54-34-49(67-38-45-18-10-14-22-61(45)81-67)31-50(35-54)68-39-46-19-11-15-23-62(46)82-68)73-70(56-41-52(75(5,6)7)25-27-64(56)84-73)76(71)69-55-40-51(74(2,3)4)24-26-63(55)83-72(69)77(57)53-32-47(65-36-43-16-8-12-20-59(43)79-65)30-48(33-53)66-37-44-17-9-13-21-60(44)80-66/h8-41H,1-7H3. The number of thiophene rings is 6. The zero-order chi connectivity index (χ0) is 56.5. The van der Waals surface area contributed by atoms with Crippen LogP contribution in [0.15, 0.2) is 206 Å². The molecule has 6 aromatic heterocycles. The Hall–Kier alpha value is -7.60. The topological polar surface area (TPSA) is 6.48 Å². The molecule has 0 saturated heterocycles. The second-order valence-electron chi connectivity index (χ2n) is 25.0. The molecule has 0 spiro atoms. The van der Waals surface area contributed by atoms with E-state index in [1.807, 2.05) is 68.0 Å². The first-order valence-electron chi connectivity index (χ1n) is 28.9. The summed E-state index contributed by atoms with van der Waals surface area (Å²) in [5.41, 5.74) is 17.8. The summed E-state index contributed by atoms with van der Waals surface area (Å²) < 4.78 is 7.84. The van der Waals surface area contributed by atoms with Gasteiger partial charge in [-0.1, -0.05) is 139 Å². The minimum atomic E-state index is -0.0540. The molecule has 0 fully saturated rings. The fourth-order valence-corrected chi connectivity index (χ4v) is 19.9. The predicted molar refractivity (Wildman–Crippen MR) is 377 cm³/mol. The highest BCUT2D eigenvalue weighted by molar-refractivity contribution is 7.29. The van der Waals surface area contributed by atoms with E-state index < -0.39 is 0 Å². The van der Waals surface area contributed by atoms with Gasteiger partial charge in [-0.05, 0) is 215 Å². The van der Waals surface area contributed by atoms with Gasteiger partial charge in [0.15, 0.2) is 0 Å². The van der Waals surface area contributed by atoms with E-state index in [0.29, 0.717) is 0 Å². The highest BCUT2D eigenvalue weighted by atomic mass is 32.1. The van der Waals surface area contributed by atoms with Crippen LogP contribution < -0.4 is 26.2 Å². The Balaban J connectivity index is 0.986. The first-order chi connectivity index (χ1) is 40.7. The maximum absolute atomic E-state index is 2.70. The fourth-order valence-electron chi connectivity index (χ4n) is 13.2. The number of fused-ring (bicyclic) bond motifs is 12. The molecule has 0 atom stereocenters. The van der Waals surface area contributed by atoms with E-state index in [1.54, 1.807) is 0 Å². The molecule has 84 heavy (non-hydrogen) atoms. The minimum absolute atomic E-state index is 0.0496. The van der Waals surface area contributed by atoms with Gasteiger partial charge >= 0.3 is 0 Å². The van der Waals surface area contributed by atoms with Crippen molar-refractivity contribution in [2.24, 2.45) is 0 Å². The molecule has 0 radical (unpaired) electrons. The number of rotatable bonds is 6. The Morgan fingerprint density at radius 2 is 0.655 bits per heavy atom. The van der Waals surface area contributed by atoms with Gasteiger partial charge in [-0.2, -0.15) is 0 Å². The normalized spacial score (nSPS) is 13.3. The fraction of sp³-hybridized carbons (Fsp3) is 0.120. The summed E-state index contributed by atoms with van der Waals surface area (Å²) in [6.45, 7) is 16.4. The highest BCUT2D eigenvalue weighted by Gasteiger charge is 2.47. The Morgan fingerprint density at radius 1 is 0.321 bits per heavy atom. The summed E-state index contributed by atoms with van der Waals surface area (Å²) in [7, 11) is 0. The molecule has 0 aliphatic carbocycles. The lowest BCUT2D eigenvalue weighted by Crippen LogP contribution is -2.60. The molecule has 2 aliphatic heterocycles. The lowest BCUT2D eigenvalue weighted by molar-refractivity contribution is 0.591. The molecule has 0 bridgehead atoms. The van der Waals surface area contributed by atoms with Gasteiger partial charge in [-0.25, -0.2) is 0 Å². The molecule has 9 aromatic carbocycles. The van der Waals surface area contributed by atoms with Crippen LogP contribution in [0.25, 0.3) is 102 Å². The molecule has 0 amide bonds. The van der Waals surface area contributed by atoms with Crippen molar-refractivity contribution < 1.29 is 0 Å². The summed E-state index contributed by atoms with van der Waals surface area (Å²) in [6, 6.07) is 79.7. The SMILES string of the molecule is Cc1cc2c3c(c1)N(c1cc(-c4cc5ccccc5s4)cc(-c4cc5ccccc5s4)c1)c1sc4ccc(C(C)(C)C)cc4c1B3c1c(sc3ccc(C(C)(C)C)cc13)N2c1cc(-c2cc3ccccc3s2)cc(-c2cc3ccccc3s2)c1. The predicted octanol–water partition coefficient (Wildman–Crippen LogP) is 22.6. The average molecular weight is 1190 g/mol. The summed E-state index contributed by atoms with van der Waals surface area (Å²) in [6.07, 6.45) is 0. The zero-order valence-electron chi connectivity index (χ0n) is 47.6. The molecule has 404 valence electrons. The van der Waals surface area contributed by atoms with Gasteiger partial charge in [0.25, 0.3) is 6.71 Å². The maximum Gasteiger partial charge on any atom is 0.256 e. The van der Waals surface area contributed by atoms with Gasteiger partial charge < -0.3 is 9.80 Å². The molecule has 0 saturated carbocycles. The van der Waals surface area contributed by atoms with Crippen LogP contribution in [0.1, 0.15) is 58.2 Å². The zero-order valence-corrected chi connectivity index (χ0v) is 52.5. The molecule has 15 aromatic rings. The van der Waals surface area contributed by atoms with Gasteiger partial charge in [0.05, 0.1) is 10.0 Å². The number of aryl methyl sites for hydroxylation is 1. The second-order valence-corrected chi connectivity index (χ2v) is 31.4. The van der Waals surface area contributed by atoms with Gasteiger partial charge in [0.1, 0.15) is 0 Å². The first-order valence-corrected chi connectivity index (χ1v) is 33.8. The van der Waals surface area contributed by atoms with Gasteiger partial charge in [0.2, 0.25) is 0 Å². The monoisotopic (exact) mass is 1190 g/mol. The van der Waals surface area contributed by atoms with Crippen LogP contribution in [0.5, 0.6) is 0 Å². The van der Waals surface area contributed by atoms with Gasteiger partial charge in [0, 0.05) is 70.5 Å². The summed E-state index contributed by atoms with van der Waals surface area (Å²) in [5.74, 6) is 0. The van der Waals surface area contributed by atoms with Crippen LogP contribution >= 0.6 is 68.0 Å². The third-order valence-electron chi connectivity index (χ3n) is 17.4. The first kappa shape index (κ1) is 50.9. The molecule has 2 nitrogen and oxygen atoms in total. The minimum Gasteiger partial charge on any atom is -0.303 e. The molecule has 0 N–H and O–H groups in total. The van der Waals surface area contributed by atoms with Crippen molar-refractivity contribution in [2.45, 2.75) is 59.3 Å². The van der Waals surface area contributed by atoms with Crippen molar-refractivity contribution >= 4 is 184 Å². The summed E-state index contributed by atoms with van der Waals surface area (Å²) in [4.78, 5) is 10.5. The van der Waals surface area contributed by atoms with Crippen LogP contribution in [-0.4, -0.2) is 6.71 Å². The molecule has 9 heteroatoms. The lowest BCUT2D eigenvalue weighted by Gasteiger charge is -2.42. The van der Waals surface area contributed by atoms with Crippen LogP contribution in [0.4, 0.5) is 32.8 Å². The summed E-state index contributed by atoms with van der Waals surface area (Å²) in [5, 5.41) is 10.4. The highest BCUT2D eigenvalue weighted by Crippen LogP contribution is 2.54. The third kappa shape index (κ3) is 8.11. The largest absolute Gasteiger partial charge is 0.303 e. The molecule has 17 rings (SSSR count). The van der Waals surface area contributed by atoms with E-state index in [4.69, 9.17) is 0 Å². The molecule has 0 unspecified atom stereocenters. The lowest BCUT2D eigenvalue weighted by atomic mass is 9.33. The van der Waals surface area contributed by atoms with E-state index in [9.17, 15) is 0 Å². The Labute approximate surface area is 513 Å². The number of hydrogen-bond acceptors (Lipinski definition) is 8. The quantitative estimate of drug-likeness (QED) is 0.153. The number of anilines is 6. The number of benzene rings is 9. The summed E-state index contributed by atoms with van der Waals surface area (Å²) >= 11 is 11.5. The van der Waals surface area contributed by atoms with Crippen molar-refractivity contribution in [3.63, 3.8) is 0 Å². The van der Waals surface area contributed by atoms with Gasteiger partial charge in [-0.15, -0.1) is 68.0 Å². The van der Waals surface area contributed by atoms with Crippen molar-refractivity contribution in [3.05, 3.63) is 223 Å². The second kappa shape index (κ2) is 18.7. The maximum atomic E-state index is 2.70. The molecule has 2 aliphatic rings. The smallest absolute Gasteiger partial charge is 0.256 e. The Kier molecular flexibility index (Phi) is 11.3. The van der Waals surface area contributed by atoms with E-state index in [1.165, 1.54) is 168 Å². The number of nitrogens with zero attached hydrogens (tertiary/aromatic N) is 2. The third-order valence-corrected chi connectivity index (χ3v) is 24.4. The van der Waals surface area contributed by atoms with Gasteiger partial charge in [-0.3, -0.25) is 0 Å². The van der Waals surface area contributed by atoms with E-state index in [2.05, 4.69) is 265 Å². The van der Waals surface area contributed by atoms with E-state index in [0.717, 1.165) is 0 Å². The van der Waals surface area contributed by atoms with Crippen LogP contribution in [0.2, 0.25) is 0 Å². The van der Waals surface area contributed by atoms with E-state index >= 15 is 0 Å². The molecule has 8 heterocycles. The van der Waals surface area contributed by atoms with Crippen molar-refractivity contribution in [2.75, 3.05) is 9.80 Å². The van der Waals surface area contributed by atoms with E-state index in [-0.39, 0.29) is 17.5 Å². The van der Waals surface area contributed by atoms with Crippen molar-refractivity contribution in [3.8, 4) is 41.8 Å². The van der Waals surface area contributed by atoms with Crippen molar-refractivity contribution in [1.29, 1.82) is 0 Å². The Morgan fingerprint density at radius 3 is 0.976 bits per heavy atom. The van der Waals surface area contributed by atoms with Crippen LogP contribution in [0.3, 0.4) is 0 Å². The average Bonchev–Trinajstić information content (AvgIpc) is 1.49. The van der Waals surface area contributed by atoms with Crippen LogP contribution in [-0.2, 0) is 10.8 Å². The molecular formula is C75H55BN2S6. The molecular weight excluding hydrogens is 1130 g/mol. The van der Waals surface area contributed by atoms with Crippen molar-refractivity contribution in [1.82, 2.24) is 0 Å². The number of hydrogen-bond donors (Lipinski definition) is 0.